The van der Waals surface area contributed by atoms with Crippen molar-refractivity contribution in [2.75, 3.05) is 18.5 Å². The van der Waals surface area contributed by atoms with Gasteiger partial charge in [0.15, 0.2) is 6.61 Å². The zero-order valence-corrected chi connectivity index (χ0v) is 13.7. The number of esters is 2. The Morgan fingerprint density at radius 3 is 2.16 bits per heavy atom. The minimum atomic E-state index is -0.605. The molecule has 0 unspecified atom stereocenters. The number of rotatable bonds is 7. The lowest BCUT2D eigenvalue weighted by Crippen LogP contribution is -2.21. The summed E-state index contributed by atoms with van der Waals surface area (Å²) in [7, 11) is 0. The molecule has 1 aromatic heterocycles. The molecule has 0 aliphatic carbocycles. The van der Waals surface area contributed by atoms with Gasteiger partial charge in [0, 0.05) is 18.1 Å². The molecule has 7 heteroatoms. The highest BCUT2D eigenvalue weighted by molar-refractivity contribution is 5.96. The maximum Gasteiger partial charge on any atom is 0.338 e. The van der Waals surface area contributed by atoms with Gasteiger partial charge in [-0.05, 0) is 42.8 Å². The fourth-order valence-electron chi connectivity index (χ4n) is 1.87. The summed E-state index contributed by atoms with van der Waals surface area (Å²) in [6, 6.07) is 9.25. The minimum absolute atomic E-state index is 0.317. The zero-order valence-electron chi connectivity index (χ0n) is 13.7. The van der Waals surface area contributed by atoms with E-state index >= 15 is 0 Å². The van der Waals surface area contributed by atoms with E-state index in [1.165, 1.54) is 24.5 Å². The van der Waals surface area contributed by atoms with Crippen molar-refractivity contribution in [3.8, 4) is 0 Å². The second-order valence-electron chi connectivity index (χ2n) is 5.07. The summed E-state index contributed by atoms with van der Waals surface area (Å²) in [6.45, 7) is 1.86. The van der Waals surface area contributed by atoms with Crippen molar-refractivity contribution in [3.05, 3.63) is 59.9 Å². The monoisotopic (exact) mass is 342 g/mol. The molecule has 7 nitrogen and oxygen atoms in total. The molecule has 0 radical (unpaired) electrons. The van der Waals surface area contributed by atoms with E-state index in [-0.39, 0.29) is 0 Å². The molecule has 130 valence electrons. The average molecular weight is 342 g/mol. The van der Waals surface area contributed by atoms with Crippen LogP contribution in [0.1, 0.15) is 34.1 Å². The molecule has 1 amide bonds. The van der Waals surface area contributed by atoms with Gasteiger partial charge in [-0.3, -0.25) is 9.78 Å². The molecule has 0 saturated heterocycles. The van der Waals surface area contributed by atoms with E-state index in [1.54, 1.807) is 24.3 Å². The highest BCUT2D eigenvalue weighted by Gasteiger charge is 2.11. The van der Waals surface area contributed by atoms with Gasteiger partial charge in [-0.1, -0.05) is 6.92 Å². The Hall–Kier alpha value is -3.22. The average Bonchev–Trinajstić information content (AvgIpc) is 2.65. The Morgan fingerprint density at radius 2 is 1.52 bits per heavy atom. The fourth-order valence-corrected chi connectivity index (χ4v) is 1.87. The number of carbonyl (C=O) groups excluding carboxylic acids is 3. The number of anilines is 1. The number of pyridine rings is 1. The third kappa shape index (κ3) is 5.72. The molecule has 0 bridgehead atoms. The van der Waals surface area contributed by atoms with E-state index in [0.717, 1.165) is 6.42 Å². The van der Waals surface area contributed by atoms with Crippen LogP contribution in [0.25, 0.3) is 0 Å². The second-order valence-corrected chi connectivity index (χ2v) is 5.07. The lowest BCUT2D eigenvalue weighted by atomic mass is 10.2. The molecule has 2 rings (SSSR count). The molecule has 1 aromatic carbocycles. The van der Waals surface area contributed by atoms with Crippen LogP contribution in [0.2, 0.25) is 0 Å². The summed E-state index contributed by atoms with van der Waals surface area (Å²) in [4.78, 5) is 39.0. The van der Waals surface area contributed by atoms with Crippen LogP contribution < -0.4 is 5.32 Å². The van der Waals surface area contributed by atoms with Crippen molar-refractivity contribution in [1.29, 1.82) is 0 Å². The Morgan fingerprint density at radius 1 is 0.920 bits per heavy atom. The number of ether oxygens (including phenoxy) is 2. The van der Waals surface area contributed by atoms with Crippen LogP contribution in [-0.2, 0) is 14.3 Å². The van der Waals surface area contributed by atoms with Gasteiger partial charge in [-0.2, -0.15) is 0 Å². The number of hydrogen-bond acceptors (Lipinski definition) is 6. The molecule has 0 saturated carbocycles. The first kappa shape index (κ1) is 18.1. The van der Waals surface area contributed by atoms with Crippen LogP contribution in [0.4, 0.5) is 5.69 Å². The molecular weight excluding hydrogens is 324 g/mol. The zero-order chi connectivity index (χ0) is 18.1. The van der Waals surface area contributed by atoms with Gasteiger partial charge in [0.05, 0.1) is 17.7 Å². The summed E-state index contributed by atoms with van der Waals surface area (Å²) in [6.07, 6.45) is 3.67. The molecule has 0 atom stereocenters. The molecule has 25 heavy (non-hydrogen) atoms. The summed E-state index contributed by atoms with van der Waals surface area (Å²) in [5.74, 6) is -1.50. The quantitative estimate of drug-likeness (QED) is 0.777. The van der Waals surface area contributed by atoms with E-state index in [9.17, 15) is 14.4 Å². The van der Waals surface area contributed by atoms with Crippen LogP contribution in [0.5, 0.6) is 0 Å². The third-order valence-corrected chi connectivity index (χ3v) is 3.09. The topological polar surface area (TPSA) is 94.6 Å². The van der Waals surface area contributed by atoms with Gasteiger partial charge in [-0.15, -0.1) is 0 Å². The largest absolute Gasteiger partial charge is 0.462 e. The fraction of sp³-hybridized carbons (Fsp3) is 0.222. The van der Waals surface area contributed by atoms with Crippen molar-refractivity contribution in [1.82, 2.24) is 4.98 Å². The molecule has 0 aliphatic heterocycles. The maximum atomic E-state index is 11.8. The van der Waals surface area contributed by atoms with Crippen LogP contribution in [-0.4, -0.2) is 36.0 Å². The Kier molecular flexibility index (Phi) is 6.65. The predicted molar refractivity (Wildman–Crippen MR) is 90.2 cm³/mol. The van der Waals surface area contributed by atoms with E-state index in [4.69, 9.17) is 9.47 Å². The predicted octanol–water partition coefficient (Wildman–Crippen LogP) is 2.44. The standard InChI is InChI=1S/C18H18N2O5/c1-2-11-24-17(22)13-3-5-15(6-4-13)20-16(21)12-25-18(23)14-7-9-19-10-8-14/h3-10H,2,11-12H2,1H3,(H,20,21). The first-order valence-corrected chi connectivity index (χ1v) is 7.74. The molecule has 0 spiro atoms. The van der Waals surface area contributed by atoms with E-state index in [1.807, 2.05) is 6.92 Å². The number of benzene rings is 1. The molecule has 1 heterocycles. The van der Waals surface area contributed by atoms with Crippen LogP contribution in [0, 0.1) is 0 Å². The van der Waals surface area contributed by atoms with Crippen LogP contribution >= 0.6 is 0 Å². The number of nitrogens with one attached hydrogen (secondary N) is 1. The van der Waals surface area contributed by atoms with Crippen molar-refractivity contribution >= 4 is 23.5 Å². The number of carbonyl (C=O) groups is 3. The van der Waals surface area contributed by atoms with Crippen molar-refractivity contribution in [2.24, 2.45) is 0 Å². The Bertz CT molecular complexity index is 729. The lowest BCUT2D eigenvalue weighted by Gasteiger charge is -2.07. The van der Waals surface area contributed by atoms with Crippen LogP contribution in [0.3, 0.4) is 0 Å². The molecule has 0 aliphatic rings. The first-order chi connectivity index (χ1) is 12.1. The molecule has 2 aromatic rings. The van der Waals surface area contributed by atoms with Gasteiger partial charge in [0.2, 0.25) is 0 Å². The SMILES string of the molecule is CCCOC(=O)c1ccc(NC(=O)COC(=O)c2ccncc2)cc1. The normalized spacial score (nSPS) is 9.96. The summed E-state index contributed by atoms with van der Waals surface area (Å²) in [5.41, 5.74) is 1.20. The summed E-state index contributed by atoms with van der Waals surface area (Å²) in [5, 5.41) is 2.58. The molecule has 1 N–H and O–H groups in total. The maximum absolute atomic E-state index is 11.8. The summed E-state index contributed by atoms with van der Waals surface area (Å²) < 4.78 is 9.93. The number of nitrogens with zero attached hydrogens (tertiary/aromatic N) is 1. The van der Waals surface area contributed by atoms with Gasteiger partial charge >= 0.3 is 11.9 Å². The Labute approximate surface area is 145 Å². The van der Waals surface area contributed by atoms with Gasteiger partial charge in [-0.25, -0.2) is 9.59 Å². The highest BCUT2D eigenvalue weighted by atomic mass is 16.5. The molecular formula is C18H18N2O5. The van der Waals surface area contributed by atoms with E-state index < -0.39 is 24.5 Å². The van der Waals surface area contributed by atoms with Gasteiger partial charge in [0.25, 0.3) is 5.91 Å². The molecule has 0 fully saturated rings. The van der Waals surface area contributed by atoms with E-state index in [2.05, 4.69) is 10.3 Å². The van der Waals surface area contributed by atoms with Crippen molar-refractivity contribution in [2.45, 2.75) is 13.3 Å². The van der Waals surface area contributed by atoms with Crippen molar-refractivity contribution in [3.63, 3.8) is 0 Å². The summed E-state index contributed by atoms with van der Waals surface area (Å²) >= 11 is 0. The second kappa shape index (κ2) is 9.17. The number of hydrogen-bond donors (Lipinski definition) is 1. The highest BCUT2D eigenvalue weighted by Crippen LogP contribution is 2.11. The number of aromatic nitrogens is 1. The van der Waals surface area contributed by atoms with E-state index in [0.29, 0.717) is 23.4 Å². The first-order valence-electron chi connectivity index (χ1n) is 7.74. The lowest BCUT2D eigenvalue weighted by molar-refractivity contribution is -0.119. The number of amides is 1. The third-order valence-electron chi connectivity index (χ3n) is 3.09. The minimum Gasteiger partial charge on any atom is -0.462 e. The van der Waals surface area contributed by atoms with Gasteiger partial charge in [0.1, 0.15) is 0 Å². The Balaban J connectivity index is 1.82. The van der Waals surface area contributed by atoms with Crippen LogP contribution in [0.15, 0.2) is 48.8 Å². The van der Waals surface area contributed by atoms with Gasteiger partial charge < -0.3 is 14.8 Å². The van der Waals surface area contributed by atoms with Crippen molar-refractivity contribution < 1.29 is 23.9 Å². The smallest absolute Gasteiger partial charge is 0.338 e.